The maximum Gasteiger partial charge on any atom is 0.0127 e. The monoisotopic (exact) mass is 262 g/mol. The van der Waals surface area contributed by atoms with Gasteiger partial charge in [-0.2, -0.15) is 0 Å². The highest BCUT2D eigenvalue weighted by molar-refractivity contribution is 7.12. The molecule has 0 aromatic carbocycles. The second-order valence-electron chi connectivity index (χ2n) is 4.93. The first-order valence-corrected chi connectivity index (χ1v) is 7.83. The van der Waals surface area contributed by atoms with E-state index in [9.17, 15) is 0 Å². The molecule has 1 heterocycles. The lowest BCUT2D eigenvalue weighted by Gasteiger charge is -2.13. The number of rotatable bonds is 5. The fourth-order valence-corrected chi connectivity index (χ4v) is 3.51. The van der Waals surface area contributed by atoms with E-state index >= 15 is 0 Å². The molecular formula is C17H26S. The summed E-state index contributed by atoms with van der Waals surface area (Å²) in [5.41, 5.74) is 4.44. The summed E-state index contributed by atoms with van der Waals surface area (Å²) in [4.78, 5) is 2.98. The third-order valence-electron chi connectivity index (χ3n) is 3.27. The molecule has 0 bridgehead atoms. The number of thiophene rings is 1. The van der Waals surface area contributed by atoms with Crippen molar-refractivity contribution in [2.75, 3.05) is 0 Å². The molecule has 0 unspecified atom stereocenters. The number of hydrogen-bond acceptors (Lipinski definition) is 1. The highest BCUT2D eigenvalue weighted by atomic mass is 32.1. The molecule has 0 nitrogen and oxygen atoms in total. The molecule has 0 atom stereocenters. The van der Waals surface area contributed by atoms with E-state index in [1.807, 2.05) is 11.3 Å². The van der Waals surface area contributed by atoms with Crippen LogP contribution in [0.4, 0.5) is 0 Å². The molecule has 100 valence electrons. The van der Waals surface area contributed by atoms with Gasteiger partial charge < -0.3 is 0 Å². The van der Waals surface area contributed by atoms with E-state index < -0.39 is 0 Å². The molecule has 0 spiro atoms. The van der Waals surface area contributed by atoms with E-state index in [0.717, 1.165) is 12.8 Å². The van der Waals surface area contributed by atoms with Gasteiger partial charge in [0.05, 0.1) is 0 Å². The second-order valence-corrected chi connectivity index (χ2v) is 6.24. The van der Waals surface area contributed by atoms with Crippen LogP contribution in [0.2, 0.25) is 0 Å². The third-order valence-corrected chi connectivity index (χ3v) is 4.53. The lowest BCUT2D eigenvalue weighted by atomic mass is 9.91. The minimum Gasteiger partial charge on any atom is -0.144 e. The van der Waals surface area contributed by atoms with E-state index in [-0.39, 0.29) is 0 Å². The smallest absolute Gasteiger partial charge is 0.0127 e. The highest BCUT2D eigenvalue weighted by Crippen LogP contribution is 2.37. The fraction of sp³-hybridized carbons (Fsp3) is 0.529. The van der Waals surface area contributed by atoms with Gasteiger partial charge in [0, 0.05) is 9.75 Å². The van der Waals surface area contributed by atoms with Crippen LogP contribution in [-0.4, -0.2) is 0 Å². The summed E-state index contributed by atoms with van der Waals surface area (Å²) in [5.74, 6) is 0.586. The molecule has 0 aliphatic rings. The zero-order valence-corrected chi connectivity index (χ0v) is 13.4. The molecule has 0 aliphatic carbocycles. The van der Waals surface area contributed by atoms with E-state index in [4.69, 9.17) is 0 Å². The van der Waals surface area contributed by atoms with Crippen LogP contribution in [0, 0.1) is 12.8 Å². The summed E-state index contributed by atoms with van der Waals surface area (Å²) in [6, 6.07) is 0. The van der Waals surface area contributed by atoms with Gasteiger partial charge in [0.15, 0.2) is 0 Å². The third kappa shape index (κ3) is 3.14. The molecule has 0 fully saturated rings. The topological polar surface area (TPSA) is 0 Å². The maximum atomic E-state index is 2.31. The van der Waals surface area contributed by atoms with Gasteiger partial charge in [-0.3, -0.25) is 0 Å². The zero-order chi connectivity index (χ0) is 13.7. The first-order valence-electron chi connectivity index (χ1n) is 7.02. The van der Waals surface area contributed by atoms with Crippen LogP contribution in [-0.2, 0) is 6.42 Å². The Hall–Kier alpha value is -0.820. The Morgan fingerprint density at radius 2 is 1.94 bits per heavy atom. The molecule has 1 rings (SSSR count). The van der Waals surface area contributed by atoms with Gasteiger partial charge in [0.2, 0.25) is 0 Å². The van der Waals surface area contributed by atoms with Crippen molar-refractivity contribution in [1.29, 1.82) is 0 Å². The predicted octanol–water partition coefficient (Wildman–Crippen LogP) is 6.10. The molecule has 1 aromatic heterocycles. The number of aryl methyl sites for hydroxylation is 2. The Morgan fingerprint density at radius 1 is 1.28 bits per heavy atom. The van der Waals surface area contributed by atoms with E-state index in [1.165, 1.54) is 26.5 Å². The van der Waals surface area contributed by atoms with Gasteiger partial charge in [0.25, 0.3) is 0 Å². The van der Waals surface area contributed by atoms with Gasteiger partial charge in [0.1, 0.15) is 0 Å². The molecule has 0 saturated carbocycles. The van der Waals surface area contributed by atoms with Crippen molar-refractivity contribution in [2.45, 2.75) is 54.4 Å². The standard InChI is InChI=1S/C17H26S/c1-7-10-11-15-13(6)18-16(9-3)17(15)14(8-2)12(4)5/h8,10-12H,7,9H2,1-6H3/b11-10-,14-8-. The van der Waals surface area contributed by atoms with Crippen LogP contribution >= 0.6 is 11.3 Å². The minimum absolute atomic E-state index is 0.586. The Kier molecular flexibility index (Phi) is 5.87. The molecule has 18 heavy (non-hydrogen) atoms. The van der Waals surface area contributed by atoms with Crippen LogP contribution in [0.5, 0.6) is 0 Å². The molecule has 1 aromatic rings. The van der Waals surface area contributed by atoms with Crippen molar-refractivity contribution in [1.82, 2.24) is 0 Å². The van der Waals surface area contributed by atoms with Crippen molar-refractivity contribution < 1.29 is 0 Å². The molecule has 0 radical (unpaired) electrons. The molecule has 0 amide bonds. The van der Waals surface area contributed by atoms with E-state index in [2.05, 4.69) is 59.8 Å². The normalized spacial score (nSPS) is 12.9. The van der Waals surface area contributed by atoms with Crippen molar-refractivity contribution >= 4 is 23.0 Å². The van der Waals surface area contributed by atoms with Crippen molar-refractivity contribution in [2.24, 2.45) is 5.92 Å². The summed E-state index contributed by atoms with van der Waals surface area (Å²) >= 11 is 1.96. The first kappa shape index (κ1) is 15.2. The number of allylic oxidation sites excluding steroid dienone is 3. The summed E-state index contributed by atoms with van der Waals surface area (Å²) in [6.45, 7) is 13.4. The highest BCUT2D eigenvalue weighted by Gasteiger charge is 2.17. The van der Waals surface area contributed by atoms with Crippen LogP contribution in [0.25, 0.3) is 11.6 Å². The Morgan fingerprint density at radius 3 is 2.39 bits per heavy atom. The lowest BCUT2D eigenvalue weighted by molar-refractivity contribution is 0.852. The zero-order valence-electron chi connectivity index (χ0n) is 12.6. The Balaban J connectivity index is 3.42. The van der Waals surface area contributed by atoms with Crippen molar-refractivity contribution in [3.05, 3.63) is 33.0 Å². The van der Waals surface area contributed by atoms with Gasteiger partial charge in [-0.25, -0.2) is 0 Å². The molecule has 0 saturated heterocycles. The average Bonchev–Trinajstić information content (AvgIpc) is 2.64. The average molecular weight is 262 g/mol. The van der Waals surface area contributed by atoms with Crippen molar-refractivity contribution in [3.63, 3.8) is 0 Å². The molecular weight excluding hydrogens is 236 g/mol. The van der Waals surface area contributed by atoms with E-state index in [0.29, 0.717) is 5.92 Å². The molecule has 0 aliphatic heterocycles. The minimum atomic E-state index is 0.586. The largest absolute Gasteiger partial charge is 0.144 e. The molecule has 1 heteroatoms. The van der Waals surface area contributed by atoms with Crippen LogP contribution in [0.1, 0.15) is 61.9 Å². The summed E-state index contributed by atoms with van der Waals surface area (Å²) in [6.07, 6.45) is 9.10. The quantitative estimate of drug-likeness (QED) is 0.601. The van der Waals surface area contributed by atoms with Crippen LogP contribution in [0.15, 0.2) is 12.2 Å². The lowest BCUT2D eigenvalue weighted by Crippen LogP contribution is -1.97. The Labute approximate surface area is 116 Å². The second kappa shape index (κ2) is 6.94. The SMILES string of the molecule is C/C=C(\c1c(CC)sc(C)c1/C=C\CC)C(C)C. The van der Waals surface area contributed by atoms with E-state index in [1.54, 1.807) is 0 Å². The van der Waals surface area contributed by atoms with Crippen LogP contribution in [0.3, 0.4) is 0 Å². The van der Waals surface area contributed by atoms with Gasteiger partial charge in [-0.15, -0.1) is 11.3 Å². The summed E-state index contributed by atoms with van der Waals surface area (Å²) in [5, 5.41) is 0. The van der Waals surface area contributed by atoms with Gasteiger partial charge in [-0.1, -0.05) is 45.9 Å². The summed E-state index contributed by atoms with van der Waals surface area (Å²) < 4.78 is 0. The fourth-order valence-electron chi connectivity index (χ4n) is 2.39. The molecule has 0 N–H and O–H groups in total. The van der Waals surface area contributed by atoms with Gasteiger partial charge >= 0.3 is 0 Å². The predicted molar refractivity (Wildman–Crippen MR) is 86.2 cm³/mol. The Bertz CT molecular complexity index is 444. The van der Waals surface area contributed by atoms with Crippen molar-refractivity contribution in [3.8, 4) is 0 Å². The summed E-state index contributed by atoms with van der Waals surface area (Å²) in [7, 11) is 0. The maximum absolute atomic E-state index is 2.31. The first-order chi connectivity index (χ1) is 8.56. The van der Waals surface area contributed by atoms with Gasteiger partial charge in [-0.05, 0) is 49.3 Å². The number of hydrogen-bond donors (Lipinski definition) is 0. The van der Waals surface area contributed by atoms with Crippen LogP contribution < -0.4 is 0 Å².